The van der Waals surface area contributed by atoms with Crippen LogP contribution in [0.1, 0.15) is 28.4 Å². The van der Waals surface area contributed by atoms with E-state index in [1.807, 2.05) is 6.07 Å². The van der Waals surface area contributed by atoms with Gasteiger partial charge in [0.2, 0.25) is 0 Å². The van der Waals surface area contributed by atoms with Crippen LogP contribution in [0.4, 0.5) is 21.5 Å². The summed E-state index contributed by atoms with van der Waals surface area (Å²) in [6.07, 6.45) is 3.01. The Morgan fingerprint density at radius 3 is 2.58 bits per heavy atom. The standard InChI is InChI=1S/C26H14Cl3FN8/c27-16-7-17-24(35-19-5-4-18(28)22(29)23(19)30)15(10-32)11-33-26(17)20(8-16)36-25(21-12-34-38-37-21)14-3-1-2-13(6-14)9-31/h1-8,11-12,25,36H,(H,33,35)(H,34,37,38)/t25-/m0/s1. The molecule has 3 N–H and O–H groups in total. The number of nitrogens with one attached hydrogen (secondary N) is 3. The Hall–Kier alpha value is -4.41. The van der Waals surface area contributed by atoms with Gasteiger partial charge in [-0.15, -0.1) is 5.10 Å². The minimum absolute atomic E-state index is 0.0201. The Morgan fingerprint density at radius 2 is 1.84 bits per heavy atom. The van der Waals surface area contributed by atoms with Gasteiger partial charge in [0.1, 0.15) is 11.8 Å². The van der Waals surface area contributed by atoms with Crippen molar-refractivity contribution in [3.05, 3.63) is 104 Å². The molecule has 0 fully saturated rings. The number of nitriles is 2. The van der Waals surface area contributed by atoms with E-state index in [0.717, 1.165) is 5.56 Å². The van der Waals surface area contributed by atoms with Crippen molar-refractivity contribution in [3.8, 4) is 12.1 Å². The van der Waals surface area contributed by atoms with Crippen molar-refractivity contribution >= 4 is 62.8 Å². The largest absolute Gasteiger partial charge is 0.371 e. The van der Waals surface area contributed by atoms with Crippen LogP contribution in [-0.2, 0) is 0 Å². The average molecular weight is 564 g/mol. The lowest BCUT2D eigenvalue weighted by molar-refractivity contribution is 0.632. The molecule has 0 spiro atoms. The van der Waals surface area contributed by atoms with Crippen molar-refractivity contribution in [2.75, 3.05) is 10.6 Å². The highest BCUT2D eigenvalue weighted by Crippen LogP contribution is 2.39. The fourth-order valence-corrected chi connectivity index (χ4v) is 4.51. The van der Waals surface area contributed by atoms with Crippen molar-refractivity contribution in [3.63, 3.8) is 0 Å². The molecule has 2 heterocycles. The average Bonchev–Trinajstić information content (AvgIpc) is 3.46. The van der Waals surface area contributed by atoms with E-state index in [-0.39, 0.29) is 27.0 Å². The number of anilines is 3. The quantitative estimate of drug-likeness (QED) is 0.187. The highest BCUT2D eigenvalue weighted by molar-refractivity contribution is 6.42. The number of aromatic amines is 1. The van der Waals surface area contributed by atoms with E-state index < -0.39 is 11.9 Å². The molecule has 8 nitrogen and oxygen atoms in total. The minimum Gasteiger partial charge on any atom is -0.371 e. The van der Waals surface area contributed by atoms with Crippen molar-refractivity contribution in [2.24, 2.45) is 0 Å². The molecule has 0 saturated heterocycles. The van der Waals surface area contributed by atoms with E-state index in [1.54, 1.807) is 36.5 Å². The molecule has 0 bridgehead atoms. The Balaban J connectivity index is 1.66. The maximum atomic E-state index is 14.9. The first kappa shape index (κ1) is 25.2. The smallest absolute Gasteiger partial charge is 0.166 e. The topological polar surface area (TPSA) is 126 Å². The van der Waals surface area contributed by atoms with Crippen LogP contribution >= 0.6 is 34.8 Å². The predicted molar refractivity (Wildman–Crippen MR) is 144 cm³/mol. The summed E-state index contributed by atoms with van der Waals surface area (Å²) in [7, 11) is 0. The van der Waals surface area contributed by atoms with E-state index >= 15 is 0 Å². The summed E-state index contributed by atoms with van der Waals surface area (Å²) in [5.41, 5.74) is 3.18. The third-order valence-electron chi connectivity index (χ3n) is 5.73. The molecule has 186 valence electrons. The molecule has 0 radical (unpaired) electrons. The molecule has 2 aromatic heterocycles. The van der Waals surface area contributed by atoms with Crippen LogP contribution in [0.2, 0.25) is 15.1 Å². The van der Waals surface area contributed by atoms with Gasteiger partial charge in [0.25, 0.3) is 0 Å². The first-order valence-electron chi connectivity index (χ1n) is 11.0. The third kappa shape index (κ3) is 4.79. The Labute approximate surface area is 230 Å². The predicted octanol–water partition coefficient (Wildman–Crippen LogP) is 7.14. The number of H-pyrrole nitrogens is 1. The summed E-state index contributed by atoms with van der Waals surface area (Å²) in [4.78, 5) is 4.49. The fourth-order valence-electron chi connectivity index (χ4n) is 3.98. The van der Waals surface area contributed by atoms with Crippen LogP contribution < -0.4 is 10.6 Å². The normalized spacial score (nSPS) is 11.5. The Bertz CT molecular complexity index is 1760. The van der Waals surface area contributed by atoms with Gasteiger partial charge in [-0.2, -0.15) is 10.5 Å². The molecule has 5 rings (SSSR count). The second-order valence-corrected chi connectivity index (χ2v) is 9.29. The van der Waals surface area contributed by atoms with Gasteiger partial charge < -0.3 is 10.6 Å². The minimum atomic E-state index is -0.767. The van der Waals surface area contributed by atoms with Gasteiger partial charge in [-0.05, 0) is 42.0 Å². The number of benzene rings is 3. The zero-order valence-electron chi connectivity index (χ0n) is 19.1. The van der Waals surface area contributed by atoms with Gasteiger partial charge >= 0.3 is 0 Å². The third-order valence-corrected chi connectivity index (χ3v) is 6.73. The number of hydrogen-bond acceptors (Lipinski definition) is 7. The van der Waals surface area contributed by atoms with Gasteiger partial charge in [-0.1, -0.05) is 52.1 Å². The van der Waals surface area contributed by atoms with Crippen LogP contribution in [0.15, 0.2) is 60.9 Å². The SMILES string of the molecule is N#Cc1cccc([C@H](Nc2cc(Cl)cc3c(Nc4ccc(Cl)c(Cl)c4F)c(C#N)cnc23)c2c[nH]nn2)c1. The first-order valence-corrected chi connectivity index (χ1v) is 12.1. The van der Waals surface area contributed by atoms with Crippen LogP contribution in [0.5, 0.6) is 0 Å². The van der Waals surface area contributed by atoms with Crippen LogP contribution in [0, 0.1) is 28.5 Å². The summed E-state index contributed by atoms with van der Waals surface area (Å²) >= 11 is 18.4. The van der Waals surface area contributed by atoms with Gasteiger partial charge in [0, 0.05) is 22.8 Å². The molecule has 0 unspecified atom stereocenters. The van der Waals surface area contributed by atoms with E-state index in [0.29, 0.717) is 32.9 Å². The highest BCUT2D eigenvalue weighted by atomic mass is 35.5. The number of pyridine rings is 1. The molecule has 12 heteroatoms. The second kappa shape index (κ2) is 10.5. The molecule has 1 atom stereocenters. The molecule has 0 aliphatic heterocycles. The lowest BCUT2D eigenvalue weighted by Gasteiger charge is -2.21. The lowest BCUT2D eigenvalue weighted by atomic mass is 10.0. The molecule has 0 saturated carbocycles. The summed E-state index contributed by atoms with van der Waals surface area (Å²) in [6.45, 7) is 0. The van der Waals surface area contributed by atoms with Crippen molar-refractivity contribution in [1.82, 2.24) is 20.4 Å². The van der Waals surface area contributed by atoms with Crippen molar-refractivity contribution in [2.45, 2.75) is 6.04 Å². The monoisotopic (exact) mass is 562 g/mol. The summed E-state index contributed by atoms with van der Waals surface area (Å²) in [6, 6.07) is 16.9. The van der Waals surface area contributed by atoms with Gasteiger partial charge in [-0.3, -0.25) is 10.1 Å². The van der Waals surface area contributed by atoms with E-state index in [2.05, 4.69) is 43.2 Å². The zero-order chi connectivity index (χ0) is 26.8. The Morgan fingerprint density at radius 1 is 1.00 bits per heavy atom. The van der Waals surface area contributed by atoms with Crippen molar-refractivity contribution < 1.29 is 4.39 Å². The maximum Gasteiger partial charge on any atom is 0.166 e. The summed E-state index contributed by atoms with van der Waals surface area (Å²) in [5.74, 6) is -0.767. The van der Waals surface area contributed by atoms with Crippen LogP contribution in [0.25, 0.3) is 10.9 Å². The fraction of sp³-hybridized carbons (Fsp3) is 0.0385. The maximum absolute atomic E-state index is 14.9. The molecule has 0 aliphatic rings. The number of rotatable bonds is 6. The molecular weight excluding hydrogens is 550 g/mol. The van der Waals surface area contributed by atoms with E-state index in [4.69, 9.17) is 34.8 Å². The van der Waals surface area contributed by atoms with Gasteiger partial charge in [0.05, 0.1) is 55.9 Å². The number of aromatic nitrogens is 4. The summed E-state index contributed by atoms with van der Waals surface area (Å²) < 4.78 is 14.9. The zero-order valence-corrected chi connectivity index (χ0v) is 21.4. The second-order valence-electron chi connectivity index (χ2n) is 8.07. The molecule has 5 aromatic rings. The number of fused-ring (bicyclic) bond motifs is 1. The van der Waals surface area contributed by atoms with Gasteiger partial charge in [0.15, 0.2) is 5.82 Å². The lowest BCUT2D eigenvalue weighted by Crippen LogP contribution is -2.14. The number of halogens is 4. The first-order chi connectivity index (χ1) is 18.4. The summed E-state index contributed by atoms with van der Waals surface area (Å²) in [5, 5.41) is 36.8. The van der Waals surface area contributed by atoms with E-state index in [1.165, 1.54) is 18.3 Å². The molecule has 0 amide bonds. The molecule has 3 aromatic carbocycles. The number of nitrogens with zero attached hydrogens (tertiary/aromatic N) is 5. The number of hydrogen-bond donors (Lipinski definition) is 3. The van der Waals surface area contributed by atoms with E-state index in [9.17, 15) is 14.9 Å². The molecular formula is C26H14Cl3FN8. The van der Waals surface area contributed by atoms with Crippen LogP contribution in [0.3, 0.4) is 0 Å². The van der Waals surface area contributed by atoms with Crippen molar-refractivity contribution in [1.29, 1.82) is 10.5 Å². The van der Waals surface area contributed by atoms with Gasteiger partial charge in [-0.25, -0.2) is 4.39 Å². The molecule has 0 aliphatic carbocycles. The molecule has 38 heavy (non-hydrogen) atoms. The highest BCUT2D eigenvalue weighted by Gasteiger charge is 2.21. The van der Waals surface area contributed by atoms with Crippen LogP contribution in [-0.4, -0.2) is 20.4 Å². The Kier molecular flexibility index (Phi) is 6.99.